The quantitative estimate of drug-likeness (QED) is 0.0376. The van der Waals surface area contributed by atoms with Crippen molar-refractivity contribution in [2.24, 2.45) is 11.0 Å². The second-order valence-corrected chi connectivity index (χ2v) is 14.3. The minimum absolute atomic E-state index is 0.0613. The number of rotatable bonds is 14. The highest BCUT2D eigenvalue weighted by Gasteiger charge is 2.55. The number of azide groups is 1. The Bertz CT molecular complexity index is 1600. The molecule has 0 aliphatic carbocycles. The maximum Gasteiger partial charge on any atom is 0.335 e. The van der Waals surface area contributed by atoms with Crippen LogP contribution in [0.2, 0.25) is 0 Å². The zero-order valence-corrected chi connectivity index (χ0v) is 31.3. The standard InChI is InChI=1S/C34H39Cl3N4O12/c1-18-25(47-15-21-11-7-5-8-12-21)29(49-20(3)43)32(51-26(18)30(44)45-4)52-27-23(17-46-19(2)42)50-31(53-33(38)34(35,36)37)24(40-41-39)28(27)48-16-22-13-9-6-10-14-22/h5-14,18,23-29,31-32,38H,15-17H2,1-4H3/t18-,23?,24-,25+,26?,27+,28?,29?,31?,32-/m0/s1. The first-order valence-corrected chi connectivity index (χ1v) is 17.4. The van der Waals surface area contributed by atoms with Crippen LogP contribution in [0.25, 0.3) is 10.4 Å². The Morgan fingerprint density at radius 3 is 1.94 bits per heavy atom. The molecule has 0 saturated carbocycles. The topological polar surface area (TPSA) is 207 Å². The molecule has 19 heteroatoms. The molecule has 2 aromatic carbocycles. The fourth-order valence-electron chi connectivity index (χ4n) is 5.76. The smallest absolute Gasteiger partial charge is 0.335 e. The van der Waals surface area contributed by atoms with Crippen LogP contribution in [0.1, 0.15) is 31.9 Å². The van der Waals surface area contributed by atoms with Crippen LogP contribution < -0.4 is 0 Å². The molecule has 0 radical (unpaired) electrons. The summed E-state index contributed by atoms with van der Waals surface area (Å²) in [5.74, 6) is -3.79. The molecule has 2 aromatic rings. The third-order valence-corrected chi connectivity index (χ3v) is 8.72. The summed E-state index contributed by atoms with van der Waals surface area (Å²) in [5.41, 5.74) is 11.2. The summed E-state index contributed by atoms with van der Waals surface area (Å²) in [7, 11) is 1.18. The summed E-state index contributed by atoms with van der Waals surface area (Å²) in [5, 5.41) is 12.0. The first-order valence-electron chi connectivity index (χ1n) is 16.3. The number of methoxy groups -OCH3 is 1. The molecule has 2 saturated heterocycles. The first-order chi connectivity index (χ1) is 25.2. The predicted octanol–water partition coefficient (Wildman–Crippen LogP) is 5.34. The molecule has 2 fully saturated rings. The number of benzene rings is 2. The lowest BCUT2D eigenvalue weighted by Gasteiger charge is -2.48. The fraction of sp³-hybridized carbons (Fsp3) is 0.529. The van der Waals surface area contributed by atoms with E-state index in [0.717, 1.165) is 12.5 Å². The van der Waals surface area contributed by atoms with Crippen molar-refractivity contribution < 1.29 is 57.0 Å². The SMILES string of the molecule is COC(=O)C1O[C@@H](O[C@@H]2C(COC(C)=O)OC(OC(=N)C(Cl)(Cl)Cl)[C@@H](N=[N+]=[N-])C2OCc2ccccc2)C(OC(C)=O)[C@H](OCc2ccccc2)[C@@H]1C. The molecule has 53 heavy (non-hydrogen) atoms. The summed E-state index contributed by atoms with van der Waals surface area (Å²) >= 11 is 17.7. The number of hydrogen-bond donors (Lipinski definition) is 1. The third kappa shape index (κ3) is 11.6. The molecule has 10 atom stereocenters. The summed E-state index contributed by atoms with van der Waals surface area (Å²) in [6, 6.07) is 16.6. The van der Waals surface area contributed by atoms with Crippen molar-refractivity contribution in [1.29, 1.82) is 5.41 Å². The molecule has 2 aliphatic rings. The van der Waals surface area contributed by atoms with E-state index in [0.29, 0.717) is 5.56 Å². The Balaban J connectivity index is 1.80. The van der Waals surface area contributed by atoms with Gasteiger partial charge >= 0.3 is 17.9 Å². The van der Waals surface area contributed by atoms with Gasteiger partial charge in [-0.05, 0) is 16.7 Å². The first kappa shape index (κ1) is 42.0. The number of hydrogen-bond acceptors (Lipinski definition) is 14. The Hall–Kier alpha value is -3.70. The van der Waals surface area contributed by atoms with E-state index >= 15 is 0 Å². The summed E-state index contributed by atoms with van der Waals surface area (Å²) < 4.78 is 50.8. The van der Waals surface area contributed by atoms with Gasteiger partial charge in [0.05, 0.1) is 20.3 Å². The van der Waals surface area contributed by atoms with E-state index in [2.05, 4.69) is 10.0 Å². The lowest BCUT2D eigenvalue weighted by molar-refractivity contribution is -0.341. The highest BCUT2D eigenvalue weighted by Crippen LogP contribution is 2.38. The van der Waals surface area contributed by atoms with Crippen molar-refractivity contribution in [3.8, 4) is 0 Å². The molecule has 4 rings (SSSR count). The van der Waals surface area contributed by atoms with Crippen LogP contribution in [-0.2, 0) is 70.2 Å². The van der Waals surface area contributed by atoms with Gasteiger partial charge < -0.3 is 42.6 Å². The molecule has 0 bridgehead atoms. The van der Waals surface area contributed by atoms with Crippen molar-refractivity contribution >= 4 is 58.6 Å². The van der Waals surface area contributed by atoms with Crippen molar-refractivity contribution in [3.63, 3.8) is 0 Å². The van der Waals surface area contributed by atoms with Crippen LogP contribution in [0, 0.1) is 11.3 Å². The van der Waals surface area contributed by atoms with E-state index in [4.69, 9.17) is 82.8 Å². The van der Waals surface area contributed by atoms with E-state index in [-0.39, 0.29) is 13.2 Å². The lowest BCUT2D eigenvalue weighted by atomic mass is 9.89. The zero-order valence-electron chi connectivity index (χ0n) is 29.0. The van der Waals surface area contributed by atoms with E-state index in [1.54, 1.807) is 37.3 Å². The molecule has 1 N–H and O–H groups in total. The highest BCUT2D eigenvalue weighted by atomic mass is 35.6. The molecule has 2 aliphatic heterocycles. The maximum absolute atomic E-state index is 13.1. The molecular formula is C34H39Cl3N4O12. The number of ether oxygens (including phenoxy) is 9. The van der Waals surface area contributed by atoms with Gasteiger partial charge in [-0.15, -0.1) is 0 Å². The normalized spacial score (nSPS) is 28.5. The number of alkyl halides is 3. The zero-order chi connectivity index (χ0) is 38.7. The van der Waals surface area contributed by atoms with Crippen LogP contribution in [0.15, 0.2) is 65.8 Å². The number of halogens is 3. The van der Waals surface area contributed by atoms with Crippen LogP contribution in [0.4, 0.5) is 0 Å². The molecule has 2 heterocycles. The lowest BCUT2D eigenvalue weighted by Crippen LogP contribution is -2.65. The number of esters is 3. The Morgan fingerprint density at radius 2 is 1.43 bits per heavy atom. The van der Waals surface area contributed by atoms with Gasteiger partial charge in [0.2, 0.25) is 12.2 Å². The van der Waals surface area contributed by atoms with Crippen molar-refractivity contribution in [3.05, 3.63) is 82.2 Å². The van der Waals surface area contributed by atoms with E-state index in [9.17, 15) is 19.9 Å². The second kappa shape index (κ2) is 19.6. The number of nitrogens with one attached hydrogen (secondary N) is 1. The van der Waals surface area contributed by atoms with Crippen molar-refractivity contribution in [1.82, 2.24) is 0 Å². The average Bonchev–Trinajstić information content (AvgIpc) is 3.12. The molecule has 0 amide bonds. The fourth-order valence-corrected chi connectivity index (χ4v) is 5.89. The van der Waals surface area contributed by atoms with Crippen molar-refractivity contribution in [2.45, 2.75) is 93.0 Å². The van der Waals surface area contributed by atoms with E-state index < -0.39 is 95.4 Å². The molecular weight excluding hydrogens is 763 g/mol. The summed E-state index contributed by atoms with van der Waals surface area (Å²) in [6.45, 7) is 3.50. The highest BCUT2D eigenvalue weighted by molar-refractivity contribution is 6.76. The van der Waals surface area contributed by atoms with E-state index in [1.165, 1.54) is 14.0 Å². The monoisotopic (exact) mass is 800 g/mol. The molecule has 0 aromatic heterocycles. The number of carbonyl (C=O) groups is 3. The van der Waals surface area contributed by atoms with Gasteiger partial charge in [-0.1, -0.05) is 108 Å². The molecule has 5 unspecified atom stereocenters. The van der Waals surface area contributed by atoms with Crippen molar-refractivity contribution in [2.75, 3.05) is 13.7 Å². The van der Waals surface area contributed by atoms with Crippen LogP contribution in [-0.4, -0.2) is 96.6 Å². The number of nitrogens with zero attached hydrogens (tertiary/aromatic N) is 3. The maximum atomic E-state index is 13.1. The Labute approximate surface area is 320 Å². The van der Waals surface area contributed by atoms with Gasteiger partial charge in [0, 0.05) is 24.7 Å². The van der Waals surface area contributed by atoms with Gasteiger partial charge in [0.1, 0.15) is 37.1 Å². The minimum Gasteiger partial charge on any atom is -0.467 e. The molecule has 288 valence electrons. The molecule has 0 spiro atoms. The largest absolute Gasteiger partial charge is 0.467 e. The van der Waals surface area contributed by atoms with Gasteiger partial charge in [-0.3, -0.25) is 15.0 Å². The van der Waals surface area contributed by atoms with Crippen LogP contribution in [0.3, 0.4) is 0 Å². The van der Waals surface area contributed by atoms with Crippen LogP contribution >= 0.6 is 34.8 Å². The van der Waals surface area contributed by atoms with Gasteiger partial charge in [-0.25, -0.2) is 4.79 Å². The Morgan fingerprint density at radius 1 is 0.849 bits per heavy atom. The average molecular weight is 802 g/mol. The van der Waals surface area contributed by atoms with E-state index in [1.807, 2.05) is 30.3 Å². The second-order valence-electron chi connectivity index (χ2n) is 12.0. The Kier molecular flexibility index (Phi) is 15.5. The predicted molar refractivity (Wildman–Crippen MR) is 188 cm³/mol. The van der Waals surface area contributed by atoms with Gasteiger partial charge in [0.15, 0.2) is 18.5 Å². The summed E-state index contributed by atoms with van der Waals surface area (Å²) in [4.78, 5) is 40.6. The number of carbonyl (C=O) groups excluding carboxylic acids is 3. The molecule has 16 nitrogen and oxygen atoms in total. The minimum atomic E-state index is -2.34. The van der Waals surface area contributed by atoms with Gasteiger partial charge in [-0.2, -0.15) is 0 Å². The third-order valence-electron chi connectivity index (χ3n) is 8.21. The van der Waals surface area contributed by atoms with Gasteiger partial charge in [0.25, 0.3) is 3.79 Å². The van der Waals surface area contributed by atoms with Crippen LogP contribution in [0.5, 0.6) is 0 Å². The summed E-state index contributed by atoms with van der Waals surface area (Å²) in [6.07, 6.45) is -10.9.